The number of thiophene rings is 1. The first-order valence-electron chi connectivity index (χ1n) is 6.45. The van der Waals surface area contributed by atoms with E-state index in [1.165, 1.54) is 4.88 Å². The van der Waals surface area contributed by atoms with Crippen molar-refractivity contribution in [3.8, 4) is 0 Å². The summed E-state index contributed by atoms with van der Waals surface area (Å²) in [5.74, 6) is 0. The molecule has 0 amide bonds. The highest BCUT2D eigenvalue weighted by atomic mass is 79.9. The summed E-state index contributed by atoms with van der Waals surface area (Å²) < 4.78 is 3.09. The van der Waals surface area contributed by atoms with Crippen LogP contribution in [0, 0.1) is 0 Å². The molecule has 4 nitrogen and oxygen atoms in total. The topological polar surface area (TPSA) is 42.7 Å². The Morgan fingerprint density at radius 3 is 2.90 bits per heavy atom. The molecule has 3 aromatic rings. The van der Waals surface area contributed by atoms with Crippen molar-refractivity contribution in [3.63, 3.8) is 0 Å². The average molecular weight is 351 g/mol. The summed E-state index contributed by atoms with van der Waals surface area (Å²) in [7, 11) is 0. The predicted octanol–water partition coefficient (Wildman–Crippen LogP) is 4.45. The minimum absolute atomic E-state index is 0.322. The molecular weight excluding hydrogens is 336 g/mol. The number of rotatable bonds is 4. The summed E-state index contributed by atoms with van der Waals surface area (Å²) in [5.41, 5.74) is 1.95. The van der Waals surface area contributed by atoms with Crippen LogP contribution in [0.15, 0.2) is 34.4 Å². The van der Waals surface area contributed by atoms with Crippen molar-refractivity contribution in [2.24, 2.45) is 0 Å². The molecule has 20 heavy (non-hydrogen) atoms. The van der Waals surface area contributed by atoms with E-state index in [9.17, 15) is 0 Å². The number of hydrogen-bond acceptors (Lipinski definition) is 4. The summed E-state index contributed by atoms with van der Waals surface area (Å²) in [6.07, 6.45) is 3.74. The molecule has 0 saturated heterocycles. The standard InChI is InChI=1S/C14H15BrN4S/c1-9(2)19-14-10(6-18-19)5-11(7-17-14)16-8-12-3-4-13(15)20-12/h3-7,9,16H,8H2,1-2H3. The van der Waals surface area contributed by atoms with Crippen molar-refractivity contribution in [2.75, 3.05) is 5.32 Å². The third-order valence-corrected chi connectivity index (χ3v) is 4.64. The highest BCUT2D eigenvalue weighted by Gasteiger charge is 2.07. The van der Waals surface area contributed by atoms with Crippen LogP contribution in [0.4, 0.5) is 5.69 Å². The number of fused-ring (bicyclic) bond motifs is 1. The fraction of sp³-hybridized carbons (Fsp3) is 0.286. The number of pyridine rings is 1. The van der Waals surface area contributed by atoms with Gasteiger partial charge in [-0.1, -0.05) is 0 Å². The molecule has 3 aromatic heterocycles. The molecule has 0 spiro atoms. The molecule has 0 radical (unpaired) electrons. The van der Waals surface area contributed by atoms with Gasteiger partial charge in [0.05, 0.1) is 21.9 Å². The van der Waals surface area contributed by atoms with Crippen molar-refractivity contribution in [3.05, 3.63) is 39.3 Å². The van der Waals surface area contributed by atoms with E-state index in [-0.39, 0.29) is 0 Å². The number of aromatic nitrogens is 3. The lowest BCUT2D eigenvalue weighted by Gasteiger charge is -2.07. The van der Waals surface area contributed by atoms with Gasteiger partial charge >= 0.3 is 0 Å². The molecule has 104 valence electrons. The molecule has 0 bridgehead atoms. The van der Waals surface area contributed by atoms with Crippen LogP contribution in [-0.4, -0.2) is 14.8 Å². The van der Waals surface area contributed by atoms with Gasteiger partial charge in [0.25, 0.3) is 0 Å². The van der Waals surface area contributed by atoms with Gasteiger partial charge in [0, 0.05) is 22.8 Å². The zero-order valence-corrected chi connectivity index (χ0v) is 13.7. The first-order valence-corrected chi connectivity index (χ1v) is 8.06. The Balaban J connectivity index is 1.79. The van der Waals surface area contributed by atoms with Gasteiger partial charge in [-0.25, -0.2) is 9.67 Å². The maximum Gasteiger partial charge on any atom is 0.158 e. The van der Waals surface area contributed by atoms with Gasteiger partial charge < -0.3 is 5.32 Å². The third kappa shape index (κ3) is 2.71. The highest BCUT2D eigenvalue weighted by molar-refractivity contribution is 9.11. The molecule has 0 aromatic carbocycles. The summed E-state index contributed by atoms with van der Waals surface area (Å²) in [4.78, 5) is 5.80. The van der Waals surface area contributed by atoms with Crippen LogP contribution >= 0.6 is 27.3 Å². The van der Waals surface area contributed by atoms with Gasteiger partial charge in [0.1, 0.15) is 0 Å². The molecular formula is C14H15BrN4S. The van der Waals surface area contributed by atoms with Crippen LogP contribution in [0.2, 0.25) is 0 Å². The van der Waals surface area contributed by atoms with Crippen LogP contribution in [0.3, 0.4) is 0 Å². The Morgan fingerprint density at radius 2 is 2.20 bits per heavy atom. The lowest BCUT2D eigenvalue weighted by Crippen LogP contribution is -2.03. The van der Waals surface area contributed by atoms with Gasteiger partial charge in [0.2, 0.25) is 0 Å². The molecule has 0 aliphatic heterocycles. The molecule has 0 unspecified atom stereocenters. The van der Waals surface area contributed by atoms with E-state index in [0.717, 1.165) is 27.1 Å². The van der Waals surface area contributed by atoms with Crippen LogP contribution in [-0.2, 0) is 6.54 Å². The molecule has 0 atom stereocenters. The zero-order chi connectivity index (χ0) is 14.1. The molecule has 3 heterocycles. The van der Waals surface area contributed by atoms with Gasteiger partial charge in [-0.2, -0.15) is 5.10 Å². The Hall–Kier alpha value is -1.40. The Kier molecular flexibility index (Phi) is 3.76. The quantitative estimate of drug-likeness (QED) is 0.755. The minimum atomic E-state index is 0.322. The van der Waals surface area contributed by atoms with E-state index in [1.54, 1.807) is 11.3 Å². The SMILES string of the molecule is CC(C)n1ncc2cc(NCc3ccc(Br)s3)cnc21. The van der Waals surface area contributed by atoms with Crippen molar-refractivity contribution in [1.29, 1.82) is 0 Å². The Bertz CT molecular complexity index is 732. The smallest absolute Gasteiger partial charge is 0.158 e. The Morgan fingerprint density at radius 1 is 1.35 bits per heavy atom. The molecule has 1 N–H and O–H groups in total. The molecule has 0 aliphatic carbocycles. The van der Waals surface area contributed by atoms with Gasteiger partial charge in [-0.15, -0.1) is 11.3 Å². The molecule has 6 heteroatoms. The summed E-state index contributed by atoms with van der Waals surface area (Å²) in [6.45, 7) is 5.02. The second-order valence-electron chi connectivity index (χ2n) is 4.88. The summed E-state index contributed by atoms with van der Waals surface area (Å²) in [6, 6.07) is 6.60. The Labute approximate surface area is 130 Å². The highest BCUT2D eigenvalue weighted by Crippen LogP contribution is 2.24. The minimum Gasteiger partial charge on any atom is -0.379 e. The van der Waals surface area contributed by atoms with E-state index in [0.29, 0.717) is 6.04 Å². The van der Waals surface area contributed by atoms with Crippen LogP contribution in [0.25, 0.3) is 11.0 Å². The van der Waals surface area contributed by atoms with E-state index in [4.69, 9.17) is 0 Å². The van der Waals surface area contributed by atoms with Crippen LogP contribution in [0.5, 0.6) is 0 Å². The van der Waals surface area contributed by atoms with E-state index < -0.39 is 0 Å². The maximum atomic E-state index is 4.51. The van der Waals surface area contributed by atoms with Crippen LogP contribution in [0.1, 0.15) is 24.8 Å². The molecule has 3 rings (SSSR count). The number of anilines is 1. The zero-order valence-electron chi connectivity index (χ0n) is 11.3. The van der Waals surface area contributed by atoms with Gasteiger partial charge in [-0.05, 0) is 48.0 Å². The van der Waals surface area contributed by atoms with Crippen molar-refractivity contribution >= 4 is 44.0 Å². The first-order chi connectivity index (χ1) is 9.63. The second kappa shape index (κ2) is 5.54. The third-order valence-electron chi connectivity index (χ3n) is 3.02. The predicted molar refractivity (Wildman–Crippen MR) is 87.3 cm³/mol. The number of nitrogens with zero attached hydrogens (tertiary/aromatic N) is 3. The summed E-state index contributed by atoms with van der Waals surface area (Å²) in [5, 5.41) is 8.84. The van der Waals surface area contributed by atoms with Crippen molar-refractivity contribution in [1.82, 2.24) is 14.8 Å². The largest absolute Gasteiger partial charge is 0.379 e. The van der Waals surface area contributed by atoms with E-state index >= 15 is 0 Å². The molecule has 0 fully saturated rings. The average Bonchev–Trinajstić information content (AvgIpc) is 3.01. The fourth-order valence-corrected chi connectivity index (χ4v) is 3.47. The monoisotopic (exact) mass is 350 g/mol. The maximum absolute atomic E-state index is 4.51. The number of nitrogens with one attached hydrogen (secondary N) is 1. The van der Waals surface area contributed by atoms with Crippen molar-refractivity contribution < 1.29 is 0 Å². The molecule has 0 saturated carbocycles. The van der Waals surface area contributed by atoms with Crippen LogP contribution < -0.4 is 5.32 Å². The summed E-state index contributed by atoms with van der Waals surface area (Å²) >= 11 is 5.21. The van der Waals surface area contributed by atoms with E-state index in [2.05, 4.69) is 63.4 Å². The number of halogens is 1. The van der Waals surface area contributed by atoms with Gasteiger partial charge in [-0.3, -0.25) is 0 Å². The van der Waals surface area contributed by atoms with E-state index in [1.807, 2.05) is 17.1 Å². The second-order valence-corrected chi connectivity index (χ2v) is 7.43. The lowest BCUT2D eigenvalue weighted by molar-refractivity contribution is 0.546. The lowest BCUT2D eigenvalue weighted by atomic mass is 10.3. The van der Waals surface area contributed by atoms with Gasteiger partial charge in [0.15, 0.2) is 5.65 Å². The molecule has 0 aliphatic rings. The number of hydrogen-bond donors (Lipinski definition) is 1. The normalized spacial score (nSPS) is 11.4. The van der Waals surface area contributed by atoms with Crippen molar-refractivity contribution in [2.45, 2.75) is 26.4 Å². The fourth-order valence-electron chi connectivity index (χ4n) is 2.05. The first kappa shape index (κ1) is 13.6.